The van der Waals surface area contributed by atoms with Crippen LogP contribution in [0.25, 0.3) is 0 Å². The van der Waals surface area contributed by atoms with Crippen molar-refractivity contribution in [3.63, 3.8) is 0 Å². The molecule has 0 spiro atoms. The van der Waals surface area contributed by atoms with Crippen LogP contribution in [0.5, 0.6) is 0 Å². The van der Waals surface area contributed by atoms with E-state index in [0.29, 0.717) is 76.2 Å². The Morgan fingerprint density at radius 3 is 1.97 bits per heavy atom. The summed E-state index contributed by atoms with van der Waals surface area (Å²) in [4.78, 5) is 0. The standard InChI is InChI=1S/C60H90O25S2.2Na/c1-10-12-29(2)13-16-56(5,64)53-30(3)19-40-39(78-53)25-48-60(9,83-40)54(81-55-50(63)49(62)44(28-61)79-55)52-43(77-48)23-42-51(80-52)31(4)27-59(8)46(76-42)26-45-58(7,85-59)17-14-32-33(75-45)20-35-34(72-32)21-36-37(73-35)22-41-38(74-36)24-47(84-87(68,69)70)57(6,82-41)15-11-18-71-86(65,66)67;;/h10,13,16,31-55,61-64H,1-3,11-12,14-15,17-28H2,4-9H3,(H,65,66,67)(H,68,69,70);;/q;2*+1/p-2/b16-13+;;/t31-,32-,33+,34+,35-,36-,37+,38+,39+,40-,41-,42-,43+,44-,45-,46+,47-,48-,49-,50+,51+,52+,53-,54+,55+,56+,57+,58+,59-,60-;;/m0../s1. The Hall–Kier alpha value is 0.0200. The molecule has 12 rings (SSSR count). The van der Waals surface area contributed by atoms with Crippen LogP contribution < -0.4 is 59.1 Å². The fourth-order valence-electron chi connectivity index (χ4n) is 16.9. The molecule has 12 fully saturated rings. The van der Waals surface area contributed by atoms with E-state index in [0.717, 1.165) is 5.57 Å². The normalized spacial score (nSPS) is 50.0. The molecule has 29 heteroatoms. The molecular weight excluding hydrogens is 1230 g/mol. The van der Waals surface area contributed by atoms with Crippen LogP contribution in [-0.2, 0) is 90.7 Å². The molecule has 0 saturated carbocycles. The van der Waals surface area contributed by atoms with Crippen molar-refractivity contribution in [2.24, 2.45) is 5.92 Å². The molecule has 0 amide bonds. The predicted octanol–water partition coefficient (Wildman–Crippen LogP) is -3.15. The van der Waals surface area contributed by atoms with E-state index in [9.17, 15) is 46.4 Å². The molecule has 12 aliphatic rings. The number of ether oxygens (including phenoxy) is 13. The van der Waals surface area contributed by atoms with E-state index in [1.165, 1.54) is 0 Å². The summed E-state index contributed by atoms with van der Waals surface area (Å²) in [5.74, 6) is -0.124. The second kappa shape index (κ2) is 27.0. The third-order valence-electron chi connectivity index (χ3n) is 21.2. The monoisotopic (exact) mass is 1320 g/mol. The first-order valence-corrected chi connectivity index (χ1v) is 33.7. The van der Waals surface area contributed by atoms with Gasteiger partial charge in [0.15, 0.2) is 6.29 Å². The van der Waals surface area contributed by atoms with Crippen LogP contribution in [-0.4, -0.2) is 234 Å². The number of allylic oxidation sites excluding steroid dienone is 3. The quantitative estimate of drug-likeness (QED) is 0.0314. The van der Waals surface area contributed by atoms with Gasteiger partial charge in [-0.3, -0.25) is 8.37 Å². The summed E-state index contributed by atoms with van der Waals surface area (Å²) in [5.41, 5.74) is -4.19. The van der Waals surface area contributed by atoms with Gasteiger partial charge in [0, 0.05) is 44.9 Å². The van der Waals surface area contributed by atoms with E-state index in [2.05, 4.69) is 44.7 Å². The van der Waals surface area contributed by atoms with Crippen LogP contribution in [0, 0.1) is 5.92 Å². The Kier molecular flexibility index (Phi) is 21.8. The van der Waals surface area contributed by atoms with Gasteiger partial charge >= 0.3 is 59.1 Å². The number of hydrogen-bond donors (Lipinski definition) is 4. The van der Waals surface area contributed by atoms with Crippen LogP contribution in [0.1, 0.15) is 131 Å². The minimum absolute atomic E-state index is 0. The first kappa shape index (κ1) is 71.8. The van der Waals surface area contributed by atoms with Crippen molar-refractivity contribution in [2.75, 3.05) is 13.2 Å². The van der Waals surface area contributed by atoms with Crippen molar-refractivity contribution in [3.8, 4) is 0 Å². The van der Waals surface area contributed by atoms with Gasteiger partial charge in [-0.15, -0.1) is 6.58 Å². The molecule has 0 aliphatic carbocycles. The molecule has 30 atom stereocenters. The summed E-state index contributed by atoms with van der Waals surface area (Å²) < 4.78 is 168. The second-order valence-corrected chi connectivity index (χ2v) is 29.9. The summed E-state index contributed by atoms with van der Waals surface area (Å²) in [7, 11) is -10.2. The SMILES string of the molecule is C=CCC(=C)/C=C/[C@@](C)(O)[C@H]1O[C@@H]2C[C@@H]3O[C@@H]4C[C@@H]5O[C@@H]6C[C@@H]7O[C@@H]8C[C@@H]9O[C@@H]%10C[C@@H]%11O[C@](C)(CCCOS(=O)(=O)[O-])[C@@H](OS(=O)(=O)[O-])C[C@H]%11O[C@H]%10C[C@H]9O[C@H]8CC[C@@]7(C)O[C@@]6(C)C[C@H](C)[C@H]5O[C@H]4[C@@H](O[C@H]4O[C@@H](CO)[C@H](O)[C@H]4O)[C@@]3(C)O[C@H]2CC1=C.[Na+].[Na+]. The van der Waals surface area contributed by atoms with Gasteiger partial charge in [-0.2, -0.15) is 0 Å². The number of fused-ring (bicyclic) bond motifs is 10. The van der Waals surface area contributed by atoms with Gasteiger partial charge in [0.1, 0.15) is 53.9 Å². The first-order chi connectivity index (χ1) is 40.9. The molecule has 0 aromatic rings. The van der Waals surface area contributed by atoms with Gasteiger partial charge < -0.3 is 91.1 Å². The van der Waals surface area contributed by atoms with Crippen LogP contribution in [0.2, 0.25) is 0 Å². The van der Waals surface area contributed by atoms with Gasteiger partial charge in [-0.05, 0) is 91.1 Å². The maximum absolute atomic E-state index is 11.9. The minimum Gasteiger partial charge on any atom is -0.726 e. The van der Waals surface area contributed by atoms with Crippen molar-refractivity contribution in [2.45, 2.75) is 306 Å². The van der Waals surface area contributed by atoms with Crippen molar-refractivity contribution in [3.05, 3.63) is 49.1 Å². The molecule has 0 aromatic carbocycles. The summed E-state index contributed by atoms with van der Waals surface area (Å²) >= 11 is 0. The third kappa shape index (κ3) is 14.5. The summed E-state index contributed by atoms with van der Waals surface area (Å²) in [5, 5.41) is 44.1. The smallest absolute Gasteiger partial charge is 0.726 e. The summed E-state index contributed by atoms with van der Waals surface area (Å²) in [6.07, 6.45) is -6.31. The zero-order valence-corrected chi connectivity index (χ0v) is 57.9. The van der Waals surface area contributed by atoms with Gasteiger partial charge in [-0.1, -0.05) is 43.9 Å². The van der Waals surface area contributed by atoms with E-state index < -0.39 is 184 Å². The number of aliphatic hydroxyl groups is 4. The van der Waals surface area contributed by atoms with Gasteiger partial charge in [-0.25, -0.2) is 16.8 Å². The largest absolute Gasteiger partial charge is 1.00 e. The van der Waals surface area contributed by atoms with Crippen LogP contribution >= 0.6 is 0 Å². The average Bonchev–Trinajstić information content (AvgIpc) is 1.67. The predicted molar refractivity (Wildman–Crippen MR) is 299 cm³/mol. The Morgan fingerprint density at radius 1 is 0.719 bits per heavy atom. The minimum atomic E-state index is -5.19. The Morgan fingerprint density at radius 2 is 1.31 bits per heavy atom. The topological polar surface area (TPSA) is 334 Å². The molecule has 492 valence electrons. The fourth-order valence-corrected chi connectivity index (χ4v) is 17.8. The molecular formula is C60H88Na2O25S2. The van der Waals surface area contributed by atoms with Gasteiger partial charge in [0.05, 0.1) is 128 Å². The van der Waals surface area contributed by atoms with E-state index in [1.54, 1.807) is 32.1 Å². The molecule has 89 heavy (non-hydrogen) atoms. The van der Waals surface area contributed by atoms with Gasteiger partial charge in [0.2, 0.25) is 20.8 Å². The van der Waals surface area contributed by atoms with Gasteiger partial charge in [0.25, 0.3) is 0 Å². The first-order valence-electron chi connectivity index (χ1n) is 31.1. The van der Waals surface area contributed by atoms with Crippen LogP contribution in [0.15, 0.2) is 49.1 Å². The molecule has 4 N–H and O–H groups in total. The zero-order chi connectivity index (χ0) is 62.1. The number of hydrogen-bond acceptors (Lipinski definition) is 25. The Bertz CT molecular complexity index is 2840. The van der Waals surface area contributed by atoms with Crippen molar-refractivity contribution < 1.29 is 175 Å². The Balaban J connectivity index is 0.00000437. The van der Waals surface area contributed by atoms with Crippen LogP contribution in [0.3, 0.4) is 0 Å². The molecule has 12 aliphatic heterocycles. The molecule has 0 bridgehead atoms. The molecule has 12 saturated heterocycles. The maximum atomic E-state index is 11.9. The molecule has 0 unspecified atom stereocenters. The Labute approximate surface area is 566 Å². The number of rotatable bonds is 15. The average molecular weight is 1320 g/mol. The second-order valence-electron chi connectivity index (χ2n) is 27.8. The van der Waals surface area contributed by atoms with Crippen molar-refractivity contribution >= 4 is 20.8 Å². The van der Waals surface area contributed by atoms with Crippen molar-refractivity contribution in [1.29, 1.82) is 0 Å². The molecule has 25 nitrogen and oxygen atoms in total. The third-order valence-corrected chi connectivity index (χ3v) is 22.1. The molecule has 0 radical (unpaired) electrons. The molecule has 0 aromatic heterocycles. The number of aliphatic hydroxyl groups excluding tert-OH is 3. The molecule has 12 heterocycles. The van der Waals surface area contributed by atoms with E-state index >= 15 is 0 Å². The summed E-state index contributed by atoms with van der Waals surface area (Å²) in [6.45, 7) is 22.7. The van der Waals surface area contributed by atoms with E-state index in [1.807, 2.05) is 6.92 Å². The zero-order valence-electron chi connectivity index (χ0n) is 52.3. The van der Waals surface area contributed by atoms with Crippen molar-refractivity contribution in [1.82, 2.24) is 0 Å². The van der Waals surface area contributed by atoms with Crippen LogP contribution in [0.4, 0.5) is 0 Å². The maximum Gasteiger partial charge on any atom is 1.00 e. The van der Waals surface area contributed by atoms with E-state index in [-0.39, 0.29) is 109 Å². The van der Waals surface area contributed by atoms with E-state index in [4.69, 9.17) is 65.8 Å². The fraction of sp³-hybridized carbons (Fsp3) is 0.867. The summed E-state index contributed by atoms with van der Waals surface area (Å²) in [6, 6.07) is 0.